The van der Waals surface area contributed by atoms with Gasteiger partial charge in [0.15, 0.2) is 20.1 Å². The smallest absolute Gasteiger partial charge is 0.405 e. The molecule has 0 aromatic heterocycles. The lowest BCUT2D eigenvalue weighted by molar-refractivity contribution is -0.230. The second kappa shape index (κ2) is 8.40. The minimum atomic E-state index is -4.67. The van der Waals surface area contributed by atoms with Crippen molar-refractivity contribution in [2.45, 2.75) is 45.9 Å². The number of fused-ring (bicyclic) bond motifs is 1. The first-order valence-corrected chi connectivity index (χ1v) is 13.0. The molecule has 3 aliphatic rings. The molecule has 5 unspecified atom stereocenters. The second-order valence-corrected chi connectivity index (χ2v) is 11.5. The topological polar surface area (TPSA) is 52.6 Å². The van der Waals surface area contributed by atoms with Crippen LogP contribution in [0.25, 0.3) is 0 Å². The van der Waals surface area contributed by atoms with Crippen molar-refractivity contribution in [1.82, 2.24) is 0 Å². The third kappa shape index (κ3) is 3.45. The van der Waals surface area contributed by atoms with Gasteiger partial charge in [0.2, 0.25) is 0 Å². The Morgan fingerprint density at radius 3 is 2.14 bits per heavy atom. The third-order valence-corrected chi connectivity index (χ3v) is 9.79. The second-order valence-electron chi connectivity index (χ2n) is 9.48. The molecular formula is C28H22F3O4S+. The molecule has 8 heteroatoms. The van der Waals surface area contributed by atoms with Gasteiger partial charge in [-0.3, -0.25) is 4.79 Å². The molecule has 0 radical (unpaired) electrons. The first-order valence-electron chi connectivity index (χ1n) is 11.7. The number of alkyl halides is 3. The molecular weight excluding hydrogens is 489 g/mol. The van der Waals surface area contributed by atoms with E-state index < -0.39 is 58.5 Å². The van der Waals surface area contributed by atoms with E-state index in [9.17, 15) is 22.8 Å². The van der Waals surface area contributed by atoms with E-state index in [-0.39, 0.29) is 12.8 Å². The standard InChI is InChI=1S/C28H22F3O4S/c29-28(30,31)27-16-18-15-22(27)24(35-26(27)33)23(18)34-25(32)17-8-7-13-21(14-17)36(19-9-3-1-4-10-19)20-11-5-2-6-12-20/h1-14,18,22-24H,15-16H2/q+1. The van der Waals surface area contributed by atoms with Gasteiger partial charge in [0.05, 0.1) is 16.5 Å². The van der Waals surface area contributed by atoms with Crippen molar-refractivity contribution >= 4 is 22.8 Å². The highest BCUT2D eigenvalue weighted by molar-refractivity contribution is 7.97. The predicted molar refractivity (Wildman–Crippen MR) is 125 cm³/mol. The Kier molecular flexibility index (Phi) is 5.41. The van der Waals surface area contributed by atoms with Gasteiger partial charge in [-0.05, 0) is 49.2 Å². The van der Waals surface area contributed by atoms with E-state index in [1.54, 1.807) is 18.2 Å². The summed E-state index contributed by atoms with van der Waals surface area (Å²) in [6.45, 7) is 0. The number of esters is 2. The Hall–Kier alpha value is -3.26. The van der Waals surface area contributed by atoms with Gasteiger partial charge in [0.25, 0.3) is 0 Å². The predicted octanol–water partition coefficient (Wildman–Crippen LogP) is 5.82. The van der Waals surface area contributed by atoms with E-state index in [4.69, 9.17) is 9.47 Å². The lowest BCUT2D eigenvalue weighted by Crippen LogP contribution is -2.48. The highest BCUT2D eigenvalue weighted by atomic mass is 32.2. The maximum Gasteiger partial charge on any atom is 0.405 e. The molecule has 0 amide bonds. The number of benzene rings is 3. The number of hydrogen-bond donors (Lipinski definition) is 0. The normalized spacial score (nSPS) is 28.4. The largest absolute Gasteiger partial charge is 0.457 e. The zero-order chi connectivity index (χ0) is 25.1. The molecule has 6 rings (SSSR count). The first-order chi connectivity index (χ1) is 17.3. The maximum absolute atomic E-state index is 13.8. The molecule has 36 heavy (non-hydrogen) atoms. The number of halogens is 3. The number of carbonyl (C=O) groups excluding carboxylic acids is 2. The van der Waals surface area contributed by atoms with Crippen LogP contribution in [-0.2, 0) is 25.2 Å². The van der Waals surface area contributed by atoms with Crippen LogP contribution in [0.2, 0.25) is 0 Å². The van der Waals surface area contributed by atoms with Crippen LogP contribution < -0.4 is 0 Å². The van der Waals surface area contributed by atoms with E-state index in [2.05, 4.69) is 0 Å². The molecule has 4 nitrogen and oxygen atoms in total. The number of ether oxygens (including phenoxy) is 2. The fourth-order valence-electron chi connectivity index (χ4n) is 6.02. The summed E-state index contributed by atoms with van der Waals surface area (Å²) < 4.78 is 52.3. The van der Waals surface area contributed by atoms with Gasteiger partial charge in [-0.1, -0.05) is 42.5 Å². The van der Waals surface area contributed by atoms with E-state index in [0.717, 1.165) is 14.7 Å². The van der Waals surface area contributed by atoms with Crippen molar-refractivity contribution in [2.24, 2.45) is 17.3 Å². The van der Waals surface area contributed by atoms with E-state index >= 15 is 0 Å². The van der Waals surface area contributed by atoms with Gasteiger partial charge in [-0.15, -0.1) is 0 Å². The molecule has 2 aliphatic carbocycles. The summed E-state index contributed by atoms with van der Waals surface area (Å²) in [5.74, 6) is -3.41. The molecule has 184 valence electrons. The summed E-state index contributed by atoms with van der Waals surface area (Å²) in [6, 6.07) is 27.1. The molecule has 3 aromatic rings. The first kappa shape index (κ1) is 23.2. The van der Waals surface area contributed by atoms with Gasteiger partial charge < -0.3 is 9.47 Å². The lowest BCUT2D eigenvalue weighted by atomic mass is 9.73. The summed E-state index contributed by atoms with van der Waals surface area (Å²) in [4.78, 5) is 28.5. The molecule has 5 atom stereocenters. The number of hydrogen-bond acceptors (Lipinski definition) is 4. The average molecular weight is 512 g/mol. The number of rotatable bonds is 5. The van der Waals surface area contributed by atoms with Gasteiger partial charge in [-0.2, -0.15) is 13.2 Å². The van der Waals surface area contributed by atoms with Gasteiger partial charge in [0, 0.05) is 17.9 Å². The highest BCUT2D eigenvalue weighted by Gasteiger charge is 2.80. The summed E-state index contributed by atoms with van der Waals surface area (Å²) in [6.07, 6.45) is -6.81. The zero-order valence-corrected chi connectivity index (χ0v) is 19.8. The van der Waals surface area contributed by atoms with Crippen molar-refractivity contribution < 1.29 is 32.2 Å². The molecule has 0 spiro atoms. The minimum absolute atomic E-state index is 0.166. The summed E-state index contributed by atoms with van der Waals surface area (Å²) >= 11 is 0. The number of carbonyl (C=O) groups is 2. The lowest BCUT2D eigenvalue weighted by Gasteiger charge is -2.33. The van der Waals surface area contributed by atoms with Crippen LogP contribution >= 0.6 is 0 Å². The third-order valence-electron chi connectivity index (χ3n) is 7.58. The monoisotopic (exact) mass is 511 g/mol. The van der Waals surface area contributed by atoms with Gasteiger partial charge >= 0.3 is 18.1 Å². The van der Waals surface area contributed by atoms with Crippen molar-refractivity contribution in [2.75, 3.05) is 0 Å². The SMILES string of the molecule is O=C(OC1C2CC3C1OC(=O)C3(C(F)(F)F)C2)c1cccc([S+](c2ccccc2)c2ccccc2)c1. The van der Waals surface area contributed by atoms with Crippen LogP contribution in [0.5, 0.6) is 0 Å². The molecule has 1 aliphatic heterocycles. The Morgan fingerprint density at radius 1 is 0.917 bits per heavy atom. The fourth-order valence-corrected chi connectivity index (χ4v) is 8.15. The Labute approximate surface area is 208 Å². The van der Waals surface area contributed by atoms with Crippen LogP contribution in [0.3, 0.4) is 0 Å². The van der Waals surface area contributed by atoms with E-state index in [0.29, 0.717) is 5.56 Å². The fraction of sp³-hybridized carbons (Fsp3) is 0.286. The van der Waals surface area contributed by atoms with E-state index in [1.807, 2.05) is 66.7 Å². The zero-order valence-electron chi connectivity index (χ0n) is 19.0. The van der Waals surface area contributed by atoms with Crippen molar-refractivity contribution in [3.63, 3.8) is 0 Å². The van der Waals surface area contributed by atoms with Crippen LogP contribution in [0.4, 0.5) is 13.2 Å². The van der Waals surface area contributed by atoms with Crippen LogP contribution in [0.1, 0.15) is 23.2 Å². The van der Waals surface area contributed by atoms with Crippen LogP contribution in [0.15, 0.2) is 99.6 Å². The molecule has 1 heterocycles. The molecule has 1 saturated heterocycles. The minimum Gasteiger partial charge on any atom is -0.457 e. The summed E-state index contributed by atoms with van der Waals surface area (Å²) in [5, 5.41) is 0. The molecule has 2 bridgehead atoms. The van der Waals surface area contributed by atoms with Gasteiger partial charge in [0.1, 0.15) is 12.2 Å². The maximum atomic E-state index is 13.8. The van der Waals surface area contributed by atoms with Crippen LogP contribution in [0, 0.1) is 17.3 Å². The quantitative estimate of drug-likeness (QED) is 0.320. The highest BCUT2D eigenvalue weighted by Crippen LogP contribution is 2.67. The van der Waals surface area contributed by atoms with Crippen molar-refractivity contribution in [3.8, 4) is 0 Å². The van der Waals surface area contributed by atoms with Crippen molar-refractivity contribution in [1.29, 1.82) is 0 Å². The molecule has 3 fully saturated rings. The average Bonchev–Trinajstić information content (AvgIpc) is 3.49. The van der Waals surface area contributed by atoms with Crippen molar-refractivity contribution in [3.05, 3.63) is 90.5 Å². The Morgan fingerprint density at radius 2 is 1.53 bits per heavy atom. The molecule has 3 aromatic carbocycles. The summed E-state index contributed by atoms with van der Waals surface area (Å²) in [7, 11) is -0.471. The Bertz CT molecular complexity index is 1270. The van der Waals surface area contributed by atoms with E-state index in [1.165, 1.54) is 0 Å². The summed E-state index contributed by atoms with van der Waals surface area (Å²) in [5.41, 5.74) is -2.14. The molecule has 0 N–H and O–H groups in total. The Balaban J connectivity index is 1.27. The molecule has 2 saturated carbocycles. The van der Waals surface area contributed by atoms with Gasteiger partial charge in [-0.25, -0.2) is 4.79 Å². The van der Waals surface area contributed by atoms with Crippen LogP contribution in [-0.4, -0.2) is 30.3 Å².